The third-order valence-electron chi connectivity index (χ3n) is 9.65. The summed E-state index contributed by atoms with van der Waals surface area (Å²) < 4.78 is 24.3. The topological polar surface area (TPSA) is 214 Å². The number of azo groups is 1. The fourth-order valence-corrected chi connectivity index (χ4v) is 7.20. The first-order chi connectivity index (χ1) is 26.7. The monoisotopic (exact) mass is 795 g/mol. The van der Waals surface area contributed by atoms with Crippen LogP contribution in [0.4, 0.5) is 22.1 Å². The molecule has 1 aromatic heterocycles. The van der Waals surface area contributed by atoms with Crippen molar-refractivity contribution < 1.29 is 58.6 Å². The zero-order chi connectivity index (χ0) is 40.5. The molecule has 18 heteroatoms. The van der Waals surface area contributed by atoms with Gasteiger partial charge in [-0.2, -0.15) is 15.5 Å². The number of nitrogens with zero attached hydrogens (tertiary/aromatic N) is 7. The fourth-order valence-electron chi connectivity index (χ4n) is 6.33. The fraction of sp³-hybridized carbons (Fsp3) is 0.676. The molecule has 0 fully saturated rings. The summed E-state index contributed by atoms with van der Waals surface area (Å²) in [5.41, 5.74) is 3.01. The van der Waals surface area contributed by atoms with Crippen LogP contribution in [0.15, 0.2) is 22.4 Å². The van der Waals surface area contributed by atoms with Crippen molar-refractivity contribution >= 4 is 33.4 Å². The number of nitriles is 1. The highest BCUT2D eigenvalue weighted by molar-refractivity contribution is 7.17. The lowest BCUT2D eigenvalue weighted by Gasteiger charge is -2.37. The number of hydrogen-bond donors (Lipinski definition) is 6. The molecule has 0 saturated carbocycles. The Hall–Kier alpha value is -3.34. The Labute approximate surface area is 328 Å². The highest BCUT2D eigenvalue weighted by Gasteiger charge is 2.27. The minimum Gasteiger partial charge on any atom is -0.495 e. The Morgan fingerprint density at radius 1 is 0.727 bits per heavy atom. The Balaban J connectivity index is 2.17. The molecule has 2 rings (SSSR count). The van der Waals surface area contributed by atoms with Crippen molar-refractivity contribution in [3.8, 4) is 11.8 Å². The lowest BCUT2D eigenvalue weighted by molar-refractivity contribution is -0.929. The molecular formula is C37H61N7O10S+2. The molecule has 1 aromatic carbocycles. The maximum Gasteiger partial charge on any atom is 0.229 e. The van der Waals surface area contributed by atoms with Crippen LogP contribution in [0, 0.1) is 31.8 Å². The molecule has 0 atom stereocenters. The zero-order valence-corrected chi connectivity index (χ0v) is 33.4. The average molecular weight is 796 g/mol. The molecule has 0 unspecified atom stereocenters. The van der Waals surface area contributed by atoms with Gasteiger partial charge in [0.15, 0.2) is 0 Å². The maximum absolute atomic E-state index is 9.62. The third kappa shape index (κ3) is 15.3. The van der Waals surface area contributed by atoms with Gasteiger partial charge in [-0.25, -0.2) is 4.85 Å². The SMILES string of the molecule is [C-]#[N+]c1c(N=Nc2cc(OC)c(N(CCOCCOCC[N+](CCO)(CCO)CCO)CCOCC[N+](CCO)(CCO)CCO)cc2C)sc(C#N)c1C. The second-order valence-electron chi connectivity index (χ2n) is 13.1. The van der Waals surface area contributed by atoms with Crippen molar-refractivity contribution in [2.24, 2.45) is 10.2 Å². The minimum absolute atomic E-state index is 0.0535. The number of benzene rings is 1. The van der Waals surface area contributed by atoms with E-state index in [9.17, 15) is 35.9 Å². The number of quaternary nitrogens is 2. The van der Waals surface area contributed by atoms with Crippen LogP contribution in [-0.4, -0.2) is 191 Å². The van der Waals surface area contributed by atoms with Crippen molar-refractivity contribution in [3.05, 3.63) is 39.6 Å². The van der Waals surface area contributed by atoms with E-state index in [1.165, 1.54) is 0 Å². The molecule has 0 aliphatic rings. The van der Waals surface area contributed by atoms with Crippen LogP contribution in [0.2, 0.25) is 0 Å². The quantitative estimate of drug-likeness (QED) is 0.0278. The molecule has 0 saturated heterocycles. The van der Waals surface area contributed by atoms with E-state index in [1.807, 2.05) is 13.0 Å². The van der Waals surface area contributed by atoms with Gasteiger partial charge in [0.2, 0.25) is 5.69 Å². The summed E-state index contributed by atoms with van der Waals surface area (Å²) in [7, 11) is 1.56. The molecule has 0 spiro atoms. The van der Waals surface area contributed by atoms with Gasteiger partial charge in [-0.15, -0.1) is 11.3 Å². The molecule has 2 aromatic rings. The highest BCUT2D eigenvalue weighted by atomic mass is 32.1. The van der Waals surface area contributed by atoms with Crippen LogP contribution >= 0.6 is 11.3 Å². The number of ether oxygens (including phenoxy) is 4. The van der Waals surface area contributed by atoms with E-state index in [-0.39, 0.29) is 39.6 Å². The molecule has 17 nitrogen and oxygen atoms in total. The second-order valence-corrected chi connectivity index (χ2v) is 14.1. The summed E-state index contributed by atoms with van der Waals surface area (Å²) >= 11 is 1.12. The predicted molar refractivity (Wildman–Crippen MR) is 209 cm³/mol. The van der Waals surface area contributed by atoms with Crippen molar-refractivity contribution in [3.63, 3.8) is 0 Å². The van der Waals surface area contributed by atoms with E-state index >= 15 is 0 Å². The van der Waals surface area contributed by atoms with Gasteiger partial charge >= 0.3 is 0 Å². The highest BCUT2D eigenvalue weighted by Crippen LogP contribution is 2.43. The summed E-state index contributed by atoms with van der Waals surface area (Å²) in [4.78, 5) is 6.05. The molecule has 55 heavy (non-hydrogen) atoms. The minimum atomic E-state index is -0.0702. The summed E-state index contributed by atoms with van der Waals surface area (Å²) in [6.07, 6.45) is 0. The van der Waals surface area contributed by atoms with Crippen LogP contribution in [0.3, 0.4) is 0 Å². The lowest BCUT2D eigenvalue weighted by Crippen LogP contribution is -2.55. The van der Waals surface area contributed by atoms with Gasteiger partial charge in [0, 0.05) is 19.2 Å². The molecule has 6 N–H and O–H groups in total. The maximum atomic E-state index is 9.62. The van der Waals surface area contributed by atoms with Crippen molar-refractivity contribution in [2.75, 3.05) is 157 Å². The standard InChI is InChI=1S/C37H61N7O10S/c1-30-27-33(34(51-4)28-32(30)40-41-37-36(39-3)31(2)35(29-38)55-37)42(5-21-52-23-13-43(7-15-45,8-16-46)9-17-47)6-22-53-25-26-54-24-14-44(10-18-48,11-19-49)12-20-50/h27-28,45-50H,5-26H2,1-2,4H3/q+2. The molecule has 308 valence electrons. The molecule has 0 aliphatic carbocycles. The van der Waals surface area contributed by atoms with Crippen molar-refractivity contribution in [2.45, 2.75) is 13.8 Å². The van der Waals surface area contributed by atoms with E-state index in [0.717, 1.165) is 22.6 Å². The van der Waals surface area contributed by atoms with Crippen LogP contribution in [0.25, 0.3) is 4.85 Å². The zero-order valence-electron chi connectivity index (χ0n) is 32.6. The first-order valence-electron chi connectivity index (χ1n) is 18.5. The molecule has 1 heterocycles. The van der Waals surface area contributed by atoms with Gasteiger partial charge in [0.05, 0.1) is 109 Å². The number of aryl methyl sites for hydroxylation is 1. The molecule has 0 amide bonds. The first kappa shape index (κ1) is 47.8. The number of rotatable bonds is 31. The van der Waals surface area contributed by atoms with Gasteiger partial charge in [-0.05, 0) is 31.0 Å². The second kappa shape index (κ2) is 26.5. The van der Waals surface area contributed by atoms with Gasteiger partial charge < -0.3 is 63.5 Å². The van der Waals surface area contributed by atoms with Gasteiger partial charge in [0.1, 0.15) is 69.2 Å². The number of aliphatic hydroxyl groups is 6. The Bertz CT molecular complexity index is 1480. The normalized spacial score (nSPS) is 12.0. The van der Waals surface area contributed by atoms with Gasteiger partial charge in [-0.1, -0.05) is 0 Å². The summed E-state index contributed by atoms with van der Waals surface area (Å²) in [6.45, 7) is 17.3. The van der Waals surface area contributed by atoms with E-state index in [0.29, 0.717) is 147 Å². The van der Waals surface area contributed by atoms with Crippen LogP contribution in [-0.2, 0) is 14.2 Å². The largest absolute Gasteiger partial charge is 0.495 e. The van der Waals surface area contributed by atoms with Crippen LogP contribution < -0.4 is 9.64 Å². The predicted octanol–water partition coefficient (Wildman–Crippen LogP) is 1.66. The summed E-state index contributed by atoms with van der Waals surface area (Å²) in [6, 6.07) is 5.81. The van der Waals surface area contributed by atoms with E-state index in [4.69, 9.17) is 25.5 Å². The average Bonchev–Trinajstić information content (AvgIpc) is 3.48. The molecule has 0 radical (unpaired) electrons. The number of aliphatic hydroxyl groups excluding tert-OH is 6. The van der Waals surface area contributed by atoms with Crippen LogP contribution in [0.5, 0.6) is 5.75 Å². The number of anilines is 1. The Morgan fingerprint density at radius 3 is 1.64 bits per heavy atom. The smallest absolute Gasteiger partial charge is 0.229 e. The molecule has 0 aliphatic heterocycles. The Morgan fingerprint density at radius 2 is 1.20 bits per heavy atom. The Kier molecular flexibility index (Phi) is 23.0. The van der Waals surface area contributed by atoms with E-state index < -0.39 is 0 Å². The van der Waals surface area contributed by atoms with Crippen LogP contribution in [0.1, 0.15) is 16.0 Å². The summed E-state index contributed by atoms with van der Waals surface area (Å²) in [5.74, 6) is 0.535. The van der Waals surface area contributed by atoms with Crippen molar-refractivity contribution in [1.82, 2.24) is 0 Å². The molecule has 0 bridgehead atoms. The first-order valence-corrected chi connectivity index (χ1v) is 19.3. The lowest BCUT2D eigenvalue weighted by atomic mass is 10.1. The number of thiophene rings is 1. The van der Waals surface area contributed by atoms with Crippen molar-refractivity contribution in [1.29, 1.82) is 5.26 Å². The molecular weight excluding hydrogens is 735 g/mol. The number of methoxy groups -OCH3 is 1. The van der Waals surface area contributed by atoms with E-state index in [2.05, 4.69) is 26.0 Å². The summed E-state index contributed by atoms with van der Waals surface area (Å²) in [5, 5.41) is 75.9. The van der Waals surface area contributed by atoms with E-state index in [1.54, 1.807) is 20.1 Å². The number of hydrogen-bond acceptors (Lipinski definition) is 15. The third-order valence-corrected chi connectivity index (χ3v) is 10.7. The van der Waals surface area contributed by atoms with Gasteiger partial charge in [0.25, 0.3) is 0 Å². The van der Waals surface area contributed by atoms with Gasteiger partial charge in [-0.3, -0.25) is 0 Å².